The molecule has 0 aromatic carbocycles. The fourth-order valence-corrected chi connectivity index (χ4v) is 9.88. The highest BCUT2D eigenvalue weighted by molar-refractivity contribution is 5.72. The smallest absolute Gasteiger partial charge is 0.310 e. The van der Waals surface area contributed by atoms with Crippen molar-refractivity contribution in [3.05, 3.63) is 60.8 Å². The predicted molar refractivity (Wildman–Crippen MR) is 330 cm³/mol. The van der Waals surface area contributed by atoms with Gasteiger partial charge in [0.15, 0.2) is 6.10 Å². The van der Waals surface area contributed by atoms with Crippen LogP contribution in [0.15, 0.2) is 60.8 Å². The highest BCUT2D eigenvalue weighted by Crippen LogP contribution is 2.18. The van der Waals surface area contributed by atoms with Gasteiger partial charge in [-0.25, -0.2) is 0 Å². The van der Waals surface area contributed by atoms with Gasteiger partial charge in [0.25, 0.3) is 0 Å². The van der Waals surface area contributed by atoms with Gasteiger partial charge in [-0.05, 0) is 44.9 Å². The summed E-state index contributed by atoms with van der Waals surface area (Å²) in [7, 11) is 0. The summed E-state index contributed by atoms with van der Waals surface area (Å²) in [4.78, 5) is 38.2. The minimum atomic E-state index is -0.826. The standard InChI is InChI=1S/C70H126O6/c1-4-7-10-13-16-19-22-25-28-29-30-31-32-33-34-35-36-37-38-39-40-43-45-48-51-54-57-60-63-69(72)75-66-67(76-70(73)64-61-58-55-52-49-46-42-27-24-21-18-15-12-9-6-3)65-74-68(71)62-59-56-53-50-47-44-41-26-23-20-17-14-11-8-5-2/h9,12,18,21,27,42,49,52,58,61,67H,4-8,10-11,13-17,19-20,22-26,28-41,43-48,50-51,53-57,59-60,62-66H2,1-3H3/b12-9-,21-18-,42-27-,52-49-,61-58-. The maximum Gasteiger partial charge on any atom is 0.310 e. The molecule has 0 saturated carbocycles. The molecule has 0 saturated heterocycles. The maximum absolute atomic E-state index is 12.8. The molecule has 0 fully saturated rings. The number of ether oxygens (including phenoxy) is 3. The Balaban J connectivity index is 4.25. The summed E-state index contributed by atoms with van der Waals surface area (Å²) in [5, 5.41) is 0. The molecule has 0 bridgehead atoms. The van der Waals surface area contributed by atoms with Crippen LogP contribution in [0.1, 0.15) is 348 Å². The van der Waals surface area contributed by atoms with E-state index in [9.17, 15) is 14.4 Å². The number of hydrogen-bond donors (Lipinski definition) is 0. The molecule has 0 aromatic heterocycles. The molecule has 0 rings (SSSR count). The third kappa shape index (κ3) is 62.0. The maximum atomic E-state index is 12.8. The molecule has 76 heavy (non-hydrogen) atoms. The van der Waals surface area contributed by atoms with Crippen LogP contribution in [0.3, 0.4) is 0 Å². The minimum Gasteiger partial charge on any atom is -0.462 e. The Morgan fingerprint density at radius 1 is 0.276 bits per heavy atom. The summed E-state index contributed by atoms with van der Waals surface area (Å²) in [6, 6.07) is 0. The van der Waals surface area contributed by atoms with Gasteiger partial charge < -0.3 is 14.2 Å². The molecule has 1 atom stereocenters. The van der Waals surface area contributed by atoms with Crippen molar-refractivity contribution in [2.75, 3.05) is 13.2 Å². The van der Waals surface area contributed by atoms with Crippen molar-refractivity contribution < 1.29 is 28.6 Å². The zero-order valence-electron chi connectivity index (χ0n) is 50.8. The number of esters is 3. The van der Waals surface area contributed by atoms with E-state index in [1.165, 1.54) is 238 Å². The highest BCUT2D eigenvalue weighted by Gasteiger charge is 2.19. The summed E-state index contributed by atoms with van der Waals surface area (Å²) in [6.45, 7) is 6.50. The monoisotopic (exact) mass is 1060 g/mol. The van der Waals surface area contributed by atoms with Crippen molar-refractivity contribution in [1.29, 1.82) is 0 Å². The van der Waals surface area contributed by atoms with Crippen molar-refractivity contribution in [3.63, 3.8) is 0 Å². The SMILES string of the molecule is CC/C=C\C/C=C\C/C=C\C/C=C\C/C=C\CC(=O)OC(COC(=O)CCCCCCCCCCCCCCCCC)COC(=O)CCCCCCCCCCCCCCCCCCCCCCCCCCCCCC. The van der Waals surface area contributed by atoms with Crippen LogP contribution in [0.4, 0.5) is 0 Å². The van der Waals surface area contributed by atoms with Gasteiger partial charge in [0.1, 0.15) is 13.2 Å². The van der Waals surface area contributed by atoms with Crippen molar-refractivity contribution >= 4 is 17.9 Å². The average Bonchev–Trinajstić information content (AvgIpc) is 3.42. The van der Waals surface area contributed by atoms with E-state index in [-0.39, 0.29) is 31.6 Å². The number of hydrogen-bond acceptors (Lipinski definition) is 6. The van der Waals surface area contributed by atoms with Gasteiger partial charge in [-0.15, -0.1) is 0 Å². The zero-order valence-corrected chi connectivity index (χ0v) is 50.8. The molecular formula is C70H126O6. The fraction of sp³-hybridized carbons (Fsp3) is 0.814. The molecule has 0 spiro atoms. The van der Waals surface area contributed by atoms with E-state index in [1.54, 1.807) is 6.08 Å². The van der Waals surface area contributed by atoms with Crippen LogP contribution in [0.25, 0.3) is 0 Å². The Hall–Kier alpha value is -2.89. The molecule has 0 aromatic rings. The molecule has 0 aliphatic carbocycles. The number of allylic oxidation sites excluding steroid dienone is 9. The molecule has 0 amide bonds. The lowest BCUT2D eigenvalue weighted by molar-refractivity contribution is -0.166. The Kier molecular flexibility index (Phi) is 62.2. The van der Waals surface area contributed by atoms with Crippen molar-refractivity contribution in [1.82, 2.24) is 0 Å². The molecular weight excluding hydrogens is 937 g/mol. The van der Waals surface area contributed by atoms with Gasteiger partial charge in [-0.3, -0.25) is 14.4 Å². The first-order chi connectivity index (χ1) is 37.5. The lowest BCUT2D eigenvalue weighted by atomic mass is 10.0. The van der Waals surface area contributed by atoms with E-state index in [1.807, 2.05) is 6.08 Å². The van der Waals surface area contributed by atoms with E-state index >= 15 is 0 Å². The number of rotatable bonds is 61. The molecule has 6 heteroatoms. The summed E-state index contributed by atoms with van der Waals surface area (Å²) in [5.74, 6) is -1.02. The molecule has 0 N–H and O–H groups in total. The lowest BCUT2D eigenvalue weighted by Crippen LogP contribution is -2.30. The normalized spacial score (nSPS) is 12.4. The van der Waals surface area contributed by atoms with Gasteiger partial charge in [0, 0.05) is 12.8 Å². The number of carbonyl (C=O) groups excluding carboxylic acids is 3. The van der Waals surface area contributed by atoms with Crippen LogP contribution in [0.5, 0.6) is 0 Å². The Morgan fingerprint density at radius 2 is 0.500 bits per heavy atom. The van der Waals surface area contributed by atoms with Crippen LogP contribution < -0.4 is 0 Å². The second-order valence-electron chi connectivity index (χ2n) is 22.4. The quantitative estimate of drug-likeness (QED) is 0.0261. The highest BCUT2D eigenvalue weighted by atomic mass is 16.6. The van der Waals surface area contributed by atoms with E-state index in [4.69, 9.17) is 14.2 Å². The summed E-state index contributed by atoms with van der Waals surface area (Å²) in [5.41, 5.74) is 0. The van der Waals surface area contributed by atoms with E-state index < -0.39 is 12.1 Å². The predicted octanol–water partition coefficient (Wildman–Crippen LogP) is 22.7. The summed E-state index contributed by atoms with van der Waals surface area (Å²) < 4.78 is 16.8. The van der Waals surface area contributed by atoms with Crippen molar-refractivity contribution in [2.45, 2.75) is 354 Å². The Morgan fingerprint density at radius 3 is 0.750 bits per heavy atom. The molecule has 6 nitrogen and oxygen atoms in total. The van der Waals surface area contributed by atoms with Gasteiger partial charge in [-0.2, -0.15) is 0 Å². The largest absolute Gasteiger partial charge is 0.462 e. The molecule has 0 aliphatic heterocycles. The van der Waals surface area contributed by atoms with E-state index in [0.29, 0.717) is 12.8 Å². The van der Waals surface area contributed by atoms with Crippen molar-refractivity contribution in [3.8, 4) is 0 Å². The lowest BCUT2D eigenvalue weighted by Gasteiger charge is -2.18. The topological polar surface area (TPSA) is 78.9 Å². The Labute approximate surface area is 472 Å². The number of carbonyl (C=O) groups is 3. The van der Waals surface area contributed by atoms with Crippen LogP contribution in [0.2, 0.25) is 0 Å². The van der Waals surface area contributed by atoms with Gasteiger partial charge in [0.05, 0.1) is 6.42 Å². The van der Waals surface area contributed by atoms with Crippen LogP contribution in [-0.2, 0) is 28.6 Å². The number of unbranched alkanes of at least 4 members (excludes halogenated alkanes) is 41. The first-order valence-corrected chi connectivity index (χ1v) is 33.3. The second kappa shape index (κ2) is 64.6. The van der Waals surface area contributed by atoms with Crippen LogP contribution in [-0.4, -0.2) is 37.2 Å². The van der Waals surface area contributed by atoms with E-state index in [0.717, 1.165) is 70.6 Å². The molecule has 1 unspecified atom stereocenters. The third-order valence-electron chi connectivity index (χ3n) is 14.8. The fourth-order valence-electron chi connectivity index (χ4n) is 9.88. The summed E-state index contributed by atoms with van der Waals surface area (Å²) >= 11 is 0. The molecule has 0 heterocycles. The zero-order chi connectivity index (χ0) is 55.0. The van der Waals surface area contributed by atoms with Crippen molar-refractivity contribution in [2.24, 2.45) is 0 Å². The van der Waals surface area contributed by atoms with Gasteiger partial charge in [0.2, 0.25) is 0 Å². The van der Waals surface area contributed by atoms with E-state index in [2.05, 4.69) is 69.4 Å². The average molecular weight is 1060 g/mol. The minimum absolute atomic E-state index is 0.102. The first kappa shape index (κ1) is 73.1. The Bertz CT molecular complexity index is 1360. The molecule has 0 aliphatic rings. The molecule has 0 radical (unpaired) electrons. The van der Waals surface area contributed by atoms with Gasteiger partial charge >= 0.3 is 17.9 Å². The van der Waals surface area contributed by atoms with Crippen LogP contribution >= 0.6 is 0 Å². The van der Waals surface area contributed by atoms with Gasteiger partial charge in [-0.1, -0.05) is 345 Å². The second-order valence-corrected chi connectivity index (χ2v) is 22.4. The first-order valence-electron chi connectivity index (χ1n) is 33.3. The van der Waals surface area contributed by atoms with Crippen LogP contribution in [0, 0.1) is 0 Å². The molecule has 442 valence electrons. The summed E-state index contributed by atoms with van der Waals surface area (Å²) in [6.07, 6.45) is 82.8. The third-order valence-corrected chi connectivity index (χ3v) is 14.8.